The Bertz CT molecular complexity index is 636. The van der Waals surface area contributed by atoms with E-state index in [2.05, 4.69) is 0 Å². The first-order valence-corrected chi connectivity index (χ1v) is 5.56. The number of carboxylic acids is 1. The van der Waals surface area contributed by atoms with Gasteiger partial charge in [-0.05, 0) is 23.8 Å². The molecule has 0 aliphatic carbocycles. The van der Waals surface area contributed by atoms with E-state index in [0.29, 0.717) is 6.07 Å². The van der Waals surface area contributed by atoms with Crippen molar-refractivity contribution >= 4 is 5.97 Å². The molecule has 6 heteroatoms. The van der Waals surface area contributed by atoms with E-state index < -0.39 is 23.4 Å². The minimum Gasteiger partial charge on any atom is -0.489 e. The summed E-state index contributed by atoms with van der Waals surface area (Å²) in [6.45, 7) is -0.207. The maximum absolute atomic E-state index is 13.2. The van der Waals surface area contributed by atoms with Crippen LogP contribution in [0.5, 0.6) is 5.75 Å². The van der Waals surface area contributed by atoms with Gasteiger partial charge in [-0.15, -0.1) is 0 Å². The lowest BCUT2D eigenvalue weighted by Gasteiger charge is -2.07. The number of hydrogen-bond acceptors (Lipinski definition) is 2. The number of carbonyl (C=O) groups is 1. The summed E-state index contributed by atoms with van der Waals surface area (Å²) in [6.07, 6.45) is 0. The Balaban J connectivity index is 2.16. The lowest BCUT2D eigenvalue weighted by atomic mass is 10.1. The Kier molecular flexibility index (Phi) is 3.93. The average Bonchev–Trinajstić information content (AvgIpc) is 2.34. The third kappa shape index (κ3) is 3.50. The average molecular weight is 282 g/mol. The van der Waals surface area contributed by atoms with Crippen LogP contribution in [-0.2, 0) is 6.61 Å². The molecule has 2 rings (SSSR count). The SMILES string of the molecule is O=C(O)c1cc(F)cc(COc2cc(F)cc(F)c2)c1. The summed E-state index contributed by atoms with van der Waals surface area (Å²) >= 11 is 0. The fourth-order valence-corrected chi connectivity index (χ4v) is 1.64. The first-order valence-electron chi connectivity index (χ1n) is 5.56. The molecule has 0 amide bonds. The van der Waals surface area contributed by atoms with E-state index in [-0.39, 0.29) is 23.5 Å². The summed E-state index contributed by atoms with van der Waals surface area (Å²) in [4.78, 5) is 10.8. The molecule has 0 aromatic heterocycles. The highest BCUT2D eigenvalue weighted by molar-refractivity contribution is 5.87. The highest BCUT2D eigenvalue weighted by Crippen LogP contribution is 2.18. The van der Waals surface area contributed by atoms with Crippen molar-refractivity contribution in [1.82, 2.24) is 0 Å². The molecule has 0 fully saturated rings. The highest BCUT2D eigenvalue weighted by atomic mass is 19.1. The van der Waals surface area contributed by atoms with Crippen molar-refractivity contribution in [3.05, 3.63) is 65.0 Å². The molecule has 1 N–H and O–H groups in total. The molecule has 0 radical (unpaired) electrons. The molecule has 3 nitrogen and oxygen atoms in total. The molecule has 0 unspecified atom stereocenters. The van der Waals surface area contributed by atoms with Crippen LogP contribution in [0.2, 0.25) is 0 Å². The van der Waals surface area contributed by atoms with Crippen LogP contribution in [0.15, 0.2) is 36.4 Å². The molecule has 0 aliphatic heterocycles. The van der Waals surface area contributed by atoms with Crippen LogP contribution in [0.25, 0.3) is 0 Å². The molecule has 0 aliphatic rings. The van der Waals surface area contributed by atoms with Gasteiger partial charge in [0.1, 0.15) is 29.8 Å². The first kappa shape index (κ1) is 13.9. The summed E-state index contributed by atoms with van der Waals surface area (Å²) in [6, 6.07) is 5.81. The van der Waals surface area contributed by atoms with Gasteiger partial charge in [0.05, 0.1) is 5.56 Å². The first-order chi connectivity index (χ1) is 9.44. The van der Waals surface area contributed by atoms with Crippen LogP contribution in [0.1, 0.15) is 15.9 Å². The van der Waals surface area contributed by atoms with Gasteiger partial charge in [0.25, 0.3) is 0 Å². The van der Waals surface area contributed by atoms with Gasteiger partial charge in [-0.25, -0.2) is 18.0 Å². The van der Waals surface area contributed by atoms with Gasteiger partial charge in [-0.3, -0.25) is 0 Å². The smallest absolute Gasteiger partial charge is 0.335 e. The van der Waals surface area contributed by atoms with E-state index in [4.69, 9.17) is 9.84 Å². The normalized spacial score (nSPS) is 10.3. The van der Waals surface area contributed by atoms with E-state index in [0.717, 1.165) is 24.3 Å². The Morgan fingerprint density at radius 1 is 0.950 bits per heavy atom. The van der Waals surface area contributed by atoms with Gasteiger partial charge in [0.15, 0.2) is 0 Å². The molecular formula is C14H9F3O3. The largest absolute Gasteiger partial charge is 0.489 e. The number of halogens is 3. The van der Waals surface area contributed by atoms with Crippen LogP contribution < -0.4 is 4.74 Å². The predicted molar refractivity (Wildman–Crippen MR) is 64.0 cm³/mol. The van der Waals surface area contributed by atoms with Crippen molar-refractivity contribution in [2.24, 2.45) is 0 Å². The molecule has 0 saturated carbocycles. The van der Waals surface area contributed by atoms with Crippen molar-refractivity contribution in [3.8, 4) is 5.75 Å². The van der Waals surface area contributed by atoms with Crippen molar-refractivity contribution < 1.29 is 27.8 Å². The summed E-state index contributed by atoms with van der Waals surface area (Å²) in [7, 11) is 0. The van der Waals surface area contributed by atoms with Crippen molar-refractivity contribution in [1.29, 1.82) is 0 Å². The summed E-state index contributed by atoms with van der Waals surface area (Å²) in [5.74, 6) is -3.67. The number of carboxylic acid groups (broad SMARTS) is 1. The molecule has 20 heavy (non-hydrogen) atoms. The standard InChI is InChI=1S/C14H9F3O3/c15-10-2-8(1-9(3-10)14(18)19)7-20-13-5-11(16)4-12(17)6-13/h1-6H,7H2,(H,18,19). The minimum absolute atomic E-state index is 0.0661. The van der Waals surface area contributed by atoms with Gasteiger partial charge in [0, 0.05) is 18.2 Å². The summed E-state index contributed by atoms with van der Waals surface area (Å²) < 4.78 is 44.2. The van der Waals surface area contributed by atoms with E-state index in [9.17, 15) is 18.0 Å². The van der Waals surface area contributed by atoms with Crippen LogP contribution in [0.3, 0.4) is 0 Å². The quantitative estimate of drug-likeness (QED) is 0.935. The van der Waals surface area contributed by atoms with Crippen LogP contribution in [0, 0.1) is 17.5 Å². The fraction of sp³-hybridized carbons (Fsp3) is 0.0714. The molecule has 0 spiro atoms. The molecule has 0 atom stereocenters. The van der Waals surface area contributed by atoms with Gasteiger partial charge < -0.3 is 9.84 Å². The van der Waals surface area contributed by atoms with Crippen molar-refractivity contribution in [2.75, 3.05) is 0 Å². The highest BCUT2D eigenvalue weighted by Gasteiger charge is 2.08. The Hall–Kier alpha value is -2.50. The second kappa shape index (κ2) is 5.64. The molecule has 104 valence electrons. The number of hydrogen-bond donors (Lipinski definition) is 1. The second-order valence-electron chi connectivity index (χ2n) is 4.05. The number of benzene rings is 2. The fourth-order valence-electron chi connectivity index (χ4n) is 1.64. The van der Waals surface area contributed by atoms with Gasteiger partial charge in [-0.1, -0.05) is 0 Å². The van der Waals surface area contributed by atoms with Crippen LogP contribution in [-0.4, -0.2) is 11.1 Å². The number of ether oxygens (including phenoxy) is 1. The van der Waals surface area contributed by atoms with E-state index >= 15 is 0 Å². The minimum atomic E-state index is -1.28. The molecule has 0 saturated heterocycles. The zero-order valence-corrected chi connectivity index (χ0v) is 10.1. The molecule has 0 bridgehead atoms. The Labute approximate surface area is 112 Å². The Morgan fingerprint density at radius 3 is 2.15 bits per heavy atom. The van der Waals surface area contributed by atoms with Crippen LogP contribution >= 0.6 is 0 Å². The van der Waals surface area contributed by atoms with Crippen molar-refractivity contribution in [3.63, 3.8) is 0 Å². The Morgan fingerprint density at radius 2 is 1.55 bits per heavy atom. The van der Waals surface area contributed by atoms with E-state index in [1.165, 1.54) is 6.07 Å². The summed E-state index contributed by atoms with van der Waals surface area (Å²) in [5, 5.41) is 8.79. The predicted octanol–water partition coefficient (Wildman–Crippen LogP) is 3.38. The second-order valence-corrected chi connectivity index (χ2v) is 4.05. The van der Waals surface area contributed by atoms with Gasteiger partial charge in [0.2, 0.25) is 0 Å². The van der Waals surface area contributed by atoms with E-state index in [1.807, 2.05) is 0 Å². The zero-order valence-electron chi connectivity index (χ0n) is 10.1. The third-order valence-corrected chi connectivity index (χ3v) is 2.45. The van der Waals surface area contributed by atoms with Gasteiger partial charge >= 0.3 is 5.97 Å². The molecule has 0 heterocycles. The maximum Gasteiger partial charge on any atom is 0.335 e. The lowest BCUT2D eigenvalue weighted by molar-refractivity contribution is 0.0696. The maximum atomic E-state index is 13.2. The number of rotatable bonds is 4. The van der Waals surface area contributed by atoms with Gasteiger partial charge in [-0.2, -0.15) is 0 Å². The summed E-state index contributed by atoms with van der Waals surface area (Å²) in [5.41, 5.74) is 0.0149. The zero-order chi connectivity index (χ0) is 14.7. The van der Waals surface area contributed by atoms with Crippen LogP contribution in [0.4, 0.5) is 13.2 Å². The number of aromatic carboxylic acids is 1. The third-order valence-electron chi connectivity index (χ3n) is 2.45. The van der Waals surface area contributed by atoms with Crippen molar-refractivity contribution in [2.45, 2.75) is 6.61 Å². The monoisotopic (exact) mass is 282 g/mol. The molecule has 2 aromatic rings. The lowest BCUT2D eigenvalue weighted by Crippen LogP contribution is -2.02. The topological polar surface area (TPSA) is 46.5 Å². The molecule has 2 aromatic carbocycles. The molecular weight excluding hydrogens is 273 g/mol. The van der Waals surface area contributed by atoms with E-state index in [1.54, 1.807) is 0 Å².